The Kier molecular flexibility index (Phi) is 4.92. The van der Waals surface area contributed by atoms with E-state index in [1.54, 1.807) is 54.9 Å². The van der Waals surface area contributed by atoms with Crippen molar-refractivity contribution < 1.29 is 13.2 Å². The van der Waals surface area contributed by atoms with E-state index < -0.39 is 10.0 Å². The van der Waals surface area contributed by atoms with Crippen molar-refractivity contribution >= 4 is 21.6 Å². The first-order valence-electron chi connectivity index (χ1n) is 7.83. The molecule has 0 bridgehead atoms. The van der Waals surface area contributed by atoms with Crippen LogP contribution in [0.5, 0.6) is 0 Å². The van der Waals surface area contributed by atoms with Crippen LogP contribution >= 0.6 is 0 Å². The van der Waals surface area contributed by atoms with Crippen molar-refractivity contribution in [3.63, 3.8) is 0 Å². The molecule has 1 saturated heterocycles. The molecule has 6 nitrogen and oxygen atoms in total. The topological polar surface area (TPSA) is 79.4 Å². The van der Waals surface area contributed by atoms with Crippen LogP contribution in [-0.2, 0) is 14.8 Å². The summed E-state index contributed by atoms with van der Waals surface area (Å²) in [4.78, 5) is 16.6. The van der Waals surface area contributed by atoms with Crippen LogP contribution in [0, 0.1) is 5.92 Å². The number of rotatable bonds is 4. The third kappa shape index (κ3) is 3.63. The molecule has 1 fully saturated rings. The number of sulfonamides is 1. The average Bonchev–Trinajstić information content (AvgIpc) is 2.63. The highest BCUT2D eigenvalue weighted by atomic mass is 32.2. The maximum Gasteiger partial charge on any atom is 0.243 e. The Morgan fingerprint density at radius 1 is 1.17 bits per heavy atom. The molecule has 1 aliphatic rings. The van der Waals surface area contributed by atoms with E-state index in [1.165, 1.54) is 4.31 Å². The number of anilines is 1. The highest BCUT2D eigenvalue weighted by Crippen LogP contribution is 2.24. The fourth-order valence-corrected chi connectivity index (χ4v) is 4.34. The maximum atomic E-state index is 12.7. The zero-order valence-electron chi connectivity index (χ0n) is 13.1. The first-order valence-corrected chi connectivity index (χ1v) is 9.27. The smallest absolute Gasteiger partial charge is 0.243 e. The Morgan fingerprint density at radius 2 is 1.96 bits per heavy atom. The van der Waals surface area contributed by atoms with Crippen molar-refractivity contribution in [2.45, 2.75) is 17.7 Å². The molecule has 2 heterocycles. The average molecular weight is 345 g/mol. The zero-order valence-corrected chi connectivity index (χ0v) is 13.9. The maximum absolute atomic E-state index is 12.7. The highest BCUT2D eigenvalue weighted by molar-refractivity contribution is 7.89. The van der Waals surface area contributed by atoms with Crippen LogP contribution in [0.25, 0.3) is 0 Å². The molecule has 1 aromatic carbocycles. The number of benzene rings is 1. The molecule has 126 valence electrons. The number of hydrogen-bond donors (Lipinski definition) is 1. The quantitative estimate of drug-likeness (QED) is 0.920. The summed E-state index contributed by atoms with van der Waals surface area (Å²) in [5.74, 6) is -0.534. The van der Waals surface area contributed by atoms with Gasteiger partial charge >= 0.3 is 0 Å². The van der Waals surface area contributed by atoms with E-state index in [0.717, 1.165) is 0 Å². The summed E-state index contributed by atoms with van der Waals surface area (Å²) in [6.07, 6.45) is 4.54. The predicted molar refractivity (Wildman–Crippen MR) is 90.8 cm³/mol. The SMILES string of the molecule is O=C(Nc1cccnc1)[C@@H]1CCCN(S(=O)(=O)c2ccccc2)C1. The number of nitrogens with zero attached hydrogens (tertiary/aromatic N) is 2. The molecule has 24 heavy (non-hydrogen) atoms. The number of piperidine rings is 1. The lowest BCUT2D eigenvalue weighted by Crippen LogP contribution is -2.43. The lowest BCUT2D eigenvalue weighted by atomic mass is 9.99. The van der Waals surface area contributed by atoms with Crippen LogP contribution in [0.1, 0.15) is 12.8 Å². The predicted octanol–water partition coefficient (Wildman–Crippen LogP) is 2.12. The van der Waals surface area contributed by atoms with Gasteiger partial charge in [0.05, 0.1) is 22.7 Å². The van der Waals surface area contributed by atoms with Crippen LogP contribution in [0.2, 0.25) is 0 Å². The molecule has 3 rings (SSSR count). The van der Waals surface area contributed by atoms with Crippen molar-refractivity contribution in [2.75, 3.05) is 18.4 Å². The van der Waals surface area contributed by atoms with Gasteiger partial charge in [-0.05, 0) is 37.1 Å². The van der Waals surface area contributed by atoms with Gasteiger partial charge in [-0.1, -0.05) is 18.2 Å². The molecule has 0 radical (unpaired) electrons. The second-order valence-electron chi connectivity index (χ2n) is 5.75. The molecule has 2 aromatic rings. The summed E-state index contributed by atoms with van der Waals surface area (Å²) in [5, 5.41) is 2.80. The molecule has 1 aliphatic heterocycles. The molecule has 0 spiro atoms. The van der Waals surface area contributed by atoms with E-state index in [2.05, 4.69) is 10.3 Å². The number of aromatic nitrogens is 1. The summed E-state index contributed by atoms with van der Waals surface area (Å²) in [5.41, 5.74) is 0.616. The van der Waals surface area contributed by atoms with E-state index in [4.69, 9.17) is 0 Å². The van der Waals surface area contributed by atoms with Gasteiger partial charge in [-0.15, -0.1) is 0 Å². The van der Waals surface area contributed by atoms with Crippen molar-refractivity contribution in [2.24, 2.45) is 5.92 Å². The number of carbonyl (C=O) groups is 1. The Bertz CT molecular complexity index is 794. The van der Waals surface area contributed by atoms with Crippen LogP contribution in [-0.4, -0.2) is 36.7 Å². The normalized spacial score (nSPS) is 18.9. The summed E-state index contributed by atoms with van der Waals surface area (Å²) in [7, 11) is -3.56. The molecule has 1 atom stereocenters. The van der Waals surface area contributed by atoms with Crippen LogP contribution in [0.4, 0.5) is 5.69 Å². The lowest BCUT2D eigenvalue weighted by molar-refractivity contribution is -0.120. The number of hydrogen-bond acceptors (Lipinski definition) is 4. The summed E-state index contributed by atoms with van der Waals surface area (Å²) >= 11 is 0. The molecule has 1 amide bonds. The molecular formula is C17H19N3O3S. The van der Waals surface area contributed by atoms with E-state index in [-0.39, 0.29) is 23.3 Å². The Labute approximate surface area is 141 Å². The van der Waals surface area contributed by atoms with Gasteiger partial charge in [-0.25, -0.2) is 8.42 Å². The standard InChI is InChI=1S/C17H19N3O3S/c21-17(19-15-7-4-10-18-12-15)14-6-5-11-20(13-14)24(22,23)16-8-2-1-3-9-16/h1-4,7-10,12,14H,5-6,11,13H2,(H,19,21)/t14-/m1/s1. The van der Waals surface area contributed by atoms with Gasteiger partial charge in [0.15, 0.2) is 0 Å². The highest BCUT2D eigenvalue weighted by Gasteiger charge is 2.33. The second kappa shape index (κ2) is 7.11. The number of nitrogens with one attached hydrogen (secondary N) is 1. The first-order chi connectivity index (χ1) is 11.6. The van der Waals surface area contributed by atoms with Crippen LogP contribution in [0.15, 0.2) is 59.8 Å². The molecule has 1 N–H and O–H groups in total. The lowest BCUT2D eigenvalue weighted by Gasteiger charge is -2.31. The molecule has 7 heteroatoms. The van der Waals surface area contributed by atoms with Crippen LogP contribution in [0.3, 0.4) is 0 Å². The fourth-order valence-electron chi connectivity index (χ4n) is 2.80. The second-order valence-corrected chi connectivity index (χ2v) is 7.68. The van der Waals surface area contributed by atoms with Crippen molar-refractivity contribution in [3.8, 4) is 0 Å². The fraction of sp³-hybridized carbons (Fsp3) is 0.294. The van der Waals surface area contributed by atoms with Gasteiger partial charge in [0.1, 0.15) is 0 Å². The van der Waals surface area contributed by atoms with E-state index in [9.17, 15) is 13.2 Å². The Hall–Kier alpha value is -2.25. The monoisotopic (exact) mass is 345 g/mol. The van der Waals surface area contributed by atoms with Crippen molar-refractivity contribution in [3.05, 3.63) is 54.9 Å². The number of carbonyl (C=O) groups excluding carboxylic acids is 1. The molecule has 0 unspecified atom stereocenters. The zero-order chi connectivity index (χ0) is 17.0. The summed E-state index contributed by atoms with van der Waals surface area (Å²) in [6.45, 7) is 0.636. The molecule has 0 saturated carbocycles. The van der Waals surface area contributed by atoms with Gasteiger partial charge in [0, 0.05) is 19.3 Å². The van der Waals surface area contributed by atoms with Gasteiger partial charge in [-0.3, -0.25) is 9.78 Å². The first kappa shape index (κ1) is 16.6. The summed E-state index contributed by atoms with van der Waals surface area (Å²) in [6, 6.07) is 11.8. The molecule has 0 aliphatic carbocycles. The van der Waals surface area contributed by atoms with E-state index in [1.807, 2.05) is 0 Å². The van der Waals surface area contributed by atoms with Crippen molar-refractivity contribution in [1.29, 1.82) is 0 Å². The third-order valence-corrected chi connectivity index (χ3v) is 5.94. The van der Waals surface area contributed by atoms with Crippen molar-refractivity contribution in [1.82, 2.24) is 9.29 Å². The van der Waals surface area contributed by atoms with E-state index in [0.29, 0.717) is 25.1 Å². The summed E-state index contributed by atoms with van der Waals surface area (Å²) < 4.78 is 26.8. The minimum atomic E-state index is -3.56. The Balaban J connectivity index is 1.71. The van der Waals surface area contributed by atoms with Gasteiger partial charge in [0.2, 0.25) is 15.9 Å². The Morgan fingerprint density at radius 3 is 2.67 bits per heavy atom. The number of amides is 1. The minimum absolute atomic E-state index is 0.170. The largest absolute Gasteiger partial charge is 0.324 e. The molecular weight excluding hydrogens is 326 g/mol. The minimum Gasteiger partial charge on any atom is -0.324 e. The van der Waals surface area contributed by atoms with Gasteiger partial charge in [-0.2, -0.15) is 4.31 Å². The van der Waals surface area contributed by atoms with Gasteiger partial charge < -0.3 is 5.32 Å². The van der Waals surface area contributed by atoms with E-state index >= 15 is 0 Å². The van der Waals surface area contributed by atoms with Crippen LogP contribution < -0.4 is 5.32 Å². The van der Waals surface area contributed by atoms with Gasteiger partial charge in [0.25, 0.3) is 0 Å². The number of pyridine rings is 1. The third-order valence-electron chi connectivity index (χ3n) is 4.06. The molecule has 1 aromatic heterocycles.